The van der Waals surface area contributed by atoms with Gasteiger partial charge in [0.1, 0.15) is 5.75 Å². The van der Waals surface area contributed by atoms with Crippen molar-refractivity contribution in [2.45, 2.75) is 0 Å². The highest BCUT2D eigenvalue weighted by atomic mass is 16.3. The molecular weight excluding hydrogens is 308 g/mol. The molecule has 0 saturated heterocycles. The fraction of sp³-hybridized carbons (Fsp3) is 0. The molecule has 2 nitrogen and oxygen atoms in total. The maximum atomic E-state index is 13.3. The molecule has 0 bridgehead atoms. The first-order chi connectivity index (χ1) is 12.3. The molecule has 0 atom stereocenters. The van der Waals surface area contributed by atoms with Crippen LogP contribution in [0.15, 0.2) is 91.0 Å². The molecule has 0 unspecified atom stereocenters. The van der Waals surface area contributed by atoms with E-state index in [-0.39, 0.29) is 11.5 Å². The van der Waals surface area contributed by atoms with Crippen molar-refractivity contribution in [2.24, 2.45) is 0 Å². The molecule has 0 radical (unpaired) electrons. The van der Waals surface area contributed by atoms with E-state index in [1.165, 1.54) is 0 Å². The lowest BCUT2D eigenvalue weighted by Gasteiger charge is -2.14. The summed E-state index contributed by atoms with van der Waals surface area (Å²) >= 11 is 0. The van der Waals surface area contributed by atoms with Crippen LogP contribution in [0, 0.1) is 0 Å². The summed E-state index contributed by atoms with van der Waals surface area (Å²) in [5.74, 6) is 0.134. The van der Waals surface area contributed by atoms with Crippen LogP contribution >= 0.6 is 0 Å². The van der Waals surface area contributed by atoms with Crippen LogP contribution in [0.25, 0.3) is 21.9 Å². The predicted molar refractivity (Wildman–Crippen MR) is 101 cm³/mol. The third-order valence-electron chi connectivity index (χ3n) is 4.37. The second-order valence-electron chi connectivity index (χ2n) is 5.93. The third-order valence-corrected chi connectivity index (χ3v) is 4.37. The lowest BCUT2D eigenvalue weighted by Crippen LogP contribution is -2.05. The molecule has 0 saturated carbocycles. The van der Waals surface area contributed by atoms with Gasteiger partial charge >= 0.3 is 0 Å². The van der Waals surface area contributed by atoms with Crippen LogP contribution < -0.4 is 0 Å². The molecule has 4 aromatic carbocycles. The highest BCUT2D eigenvalue weighted by Crippen LogP contribution is 2.37. The van der Waals surface area contributed by atoms with Crippen molar-refractivity contribution in [3.05, 3.63) is 102 Å². The number of aromatic hydroxyl groups is 1. The van der Waals surface area contributed by atoms with Gasteiger partial charge in [-0.05, 0) is 22.6 Å². The minimum absolute atomic E-state index is 0.0457. The van der Waals surface area contributed by atoms with E-state index in [0.717, 1.165) is 16.5 Å². The molecule has 25 heavy (non-hydrogen) atoms. The normalized spacial score (nSPS) is 10.7. The summed E-state index contributed by atoms with van der Waals surface area (Å²) in [4.78, 5) is 13.3. The quantitative estimate of drug-likeness (QED) is 0.509. The van der Waals surface area contributed by atoms with E-state index in [9.17, 15) is 9.90 Å². The molecule has 0 amide bonds. The predicted octanol–water partition coefficient (Wildman–Crippen LogP) is 5.44. The summed E-state index contributed by atoms with van der Waals surface area (Å²) in [5.41, 5.74) is 2.90. The van der Waals surface area contributed by atoms with E-state index >= 15 is 0 Å². The maximum absolute atomic E-state index is 13.3. The van der Waals surface area contributed by atoms with Gasteiger partial charge in [0.05, 0.1) is 0 Å². The summed E-state index contributed by atoms with van der Waals surface area (Å²) in [6.45, 7) is 0. The molecule has 0 aliphatic rings. The molecule has 4 rings (SSSR count). The van der Waals surface area contributed by atoms with Gasteiger partial charge in [-0.2, -0.15) is 0 Å². The van der Waals surface area contributed by atoms with E-state index in [1.807, 2.05) is 84.9 Å². The molecule has 120 valence electrons. The minimum Gasteiger partial charge on any atom is -0.507 e. The number of hydrogen-bond acceptors (Lipinski definition) is 2. The van der Waals surface area contributed by atoms with Gasteiger partial charge in [-0.3, -0.25) is 4.79 Å². The van der Waals surface area contributed by atoms with Crippen molar-refractivity contribution in [1.29, 1.82) is 0 Å². The second kappa shape index (κ2) is 6.25. The average molecular weight is 324 g/mol. The van der Waals surface area contributed by atoms with Crippen molar-refractivity contribution >= 4 is 16.6 Å². The molecule has 0 aliphatic carbocycles. The van der Waals surface area contributed by atoms with Gasteiger partial charge in [0.2, 0.25) is 0 Å². The van der Waals surface area contributed by atoms with E-state index < -0.39 is 0 Å². The summed E-state index contributed by atoms with van der Waals surface area (Å²) in [7, 11) is 0. The lowest BCUT2D eigenvalue weighted by molar-refractivity contribution is 0.104. The van der Waals surface area contributed by atoms with E-state index in [4.69, 9.17) is 0 Å². The monoisotopic (exact) mass is 324 g/mol. The first-order valence-corrected chi connectivity index (χ1v) is 8.15. The fourth-order valence-electron chi connectivity index (χ4n) is 3.18. The Balaban J connectivity index is 2.07. The Morgan fingerprint density at radius 3 is 1.92 bits per heavy atom. The Morgan fingerprint density at radius 1 is 0.680 bits per heavy atom. The third kappa shape index (κ3) is 2.68. The molecule has 4 aromatic rings. The van der Waals surface area contributed by atoms with E-state index in [2.05, 4.69) is 0 Å². The number of benzene rings is 4. The SMILES string of the molecule is O=C(c1ccccc1)c1c(-c2ccccc2)cc(O)c2ccccc12. The molecule has 1 N–H and O–H groups in total. The Morgan fingerprint density at radius 2 is 1.24 bits per heavy atom. The topological polar surface area (TPSA) is 37.3 Å². The van der Waals surface area contributed by atoms with E-state index in [0.29, 0.717) is 16.5 Å². The van der Waals surface area contributed by atoms with Gasteiger partial charge in [-0.1, -0.05) is 84.9 Å². The number of carbonyl (C=O) groups is 1. The number of phenolic OH excluding ortho intramolecular Hbond substituents is 1. The maximum Gasteiger partial charge on any atom is 0.194 e. The number of rotatable bonds is 3. The van der Waals surface area contributed by atoms with E-state index in [1.54, 1.807) is 6.07 Å². The first-order valence-electron chi connectivity index (χ1n) is 8.15. The average Bonchev–Trinajstić information content (AvgIpc) is 2.69. The molecule has 0 aliphatic heterocycles. The zero-order chi connectivity index (χ0) is 17.2. The summed E-state index contributed by atoms with van der Waals surface area (Å²) in [6, 6.07) is 28.1. The zero-order valence-electron chi connectivity index (χ0n) is 13.5. The molecular formula is C23H16O2. The smallest absolute Gasteiger partial charge is 0.194 e. The summed E-state index contributed by atoms with van der Waals surface area (Å²) in [6.07, 6.45) is 0. The Bertz CT molecular complexity index is 1050. The van der Waals surface area contributed by atoms with Crippen LogP contribution in [0.5, 0.6) is 5.75 Å². The Hall–Kier alpha value is -3.39. The summed E-state index contributed by atoms with van der Waals surface area (Å²) in [5, 5.41) is 11.9. The van der Waals surface area contributed by atoms with Crippen molar-refractivity contribution in [3.63, 3.8) is 0 Å². The first kappa shape index (κ1) is 15.2. The largest absolute Gasteiger partial charge is 0.507 e. The Labute approximate surface area is 146 Å². The van der Waals surface area contributed by atoms with Gasteiger partial charge in [-0.15, -0.1) is 0 Å². The highest BCUT2D eigenvalue weighted by molar-refractivity contribution is 6.21. The van der Waals surface area contributed by atoms with Crippen molar-refractivity contribution in [3.8, 4) is 16.9 Å². The molecule has 0 spiro atoms. The van der Waals surface area contributed by atoms with Gasteiger partial charge in [0.15, 0.2) is 5.78 Å². The van der Waals surface area contributed by atoms with Gasteiger partial charge < -0.3 is 5.11 Å². The van der Waals surface area contributed by atoms with Crippen molar-refractivity contribution < 1.29 is 9.90 Å². The molecule has 0 aromatic heterocycles. The van der Waals surface area contributed by atoms with Crippen molar-refractivity contribution in [1.82, 2.24) is 0 Å². The zero-order valence-corrected chi connectivity index (χ0v) is 13.5. The van der Waals surface area contributed by atoms with Crippen molar-refractivity contribution in [2.75, 3.05) is 0 Å². The minimum atomic E-state index is -0.0457. The van der Waals surface area contributed by atoms with Crippen LogP contribution in [-0.2, 0) is 0 Å². The number of hydrogen-bond donors (Lipinski definition) is 1. The van der Waals surface area contributed by atoms with Gasteiger partial charge in [0, 0.05) is 16.5 Å². The van der Waals surface area contributed by atoms with Gasteiger partial charge in [0.25, 0.3) is 0 Å². The van der Waals surface area contributed by atoms with Gasteiger partial charge in [-0.25, -0.2) is 0 Å². The standard InChI is InChI=1S/C23H16O2/c24-21-15-20(16-9-3-1-4-10-16)22(19-14-8-7-13-18(19)21)23(25)17-11-5-2-6-12-17/h1-15,24H. The molecule has 0 heterocycles. The number of ketones is 1. The Kier molecular flexibility index (Phi) is 3.79. The number of carbonyl (C=O) groups excluding carboxylic acids is 1. The number of fused-ring (bicyclic) bond motifs is 1. The highest BCUT2D eigenvalue weighted by Gasteiger charge is 2.20. The fourth-order valence-corrected chi connectivity index (χ4v) is 3.18. The second-order valence-corrected chi connectivity index (χ2v) is 5.93. The molecule has 0 fully saturated rings. The summed E-state index contributed by atoms with van der Waals surface area (Å²) < 4.78 is 0. The van der Waals surface area contributed by atoms with Crippen LogP contribution in [-0.4, -0.2) is 10.9 Å². The van der Waals surface area contributed by atoms with Crippen LogP contribution in [0.1, 0.15) is 15.9 Å². The number of phenols is 1. The van der Waals surface area contributed by atoms with Crippen LogP contribution in [0.2, 0.25) is 0 Å². The van der Waals surface area contributed by atoms with Crippen LogP contribution in [0.3, 0.4) is 0 Å². The lowest BCUT2D eigenvalue weighted by atomic mass is 9.89. The van der Waals surface area contributed by atoms with Crippen LogP contribution in [0.4, 0.5) is 0 Å². The molecule has 2 heteroatoms.